The number of nitrogens with zero attached hydrogens (tertiary/aromatic N) is 1. The minimum Gasteiger partial charge on any atom is -0.324 e. The summed E-state index contributed by atoms with van der Waals surface area (Å²) in [6, 6.07) is 15.2. The summed E-state index contributed by atoms with van der Waals surface area (Å²) in [5.41, 5.74) is 7.61. The Hall–Kier alpha value is -1.42. The van der Waals surface area contributed by atoms with Gasteiger partial charge in [0, 0.05) is 38.8 Å². The monoisotopic (exact) mass is 269 g/mol. The summed E-state index contributed by atoms with van der Waals surface area (Å²) < 4.78 is 0. The molecular weight excluding hydrogens is 246 g/mol. The van der Waals surface area contributed by atoms with Crippen LogP contribution in [0.2, 0.25) is 0 Å². The largest absolute Gasteiger partial charge is 0.324 e. The van der Waals surface area contributed by atoms with Gasteiger partial charge in [-0.05, 0) is 28.8 Å². The number of piperazine rings is 1. The zero-order valence-electron chi connectivity index (χ0n) is 11.9. The highest BCUT2D eigenvalue weighted by atomic mass is 15.2. The van der Waals surface area contributed by atoms with E-state index in [1.807, 2.05) is 0 Å². The van der Waals surface area contributed by atoms with Gasteiger partial charge in [0.2, 0.25) is 0 Å². The van der Waals surface area contributed by atoms with Crippen molar-refractivity contribution in [3.63, 3.8) is 0 Å². The first-order valence-corrected chi connectivity index (χ1v) is 7.50. The fourth-order valence-corrected chi connectivity index (χ4v) is 2.86. The van der Waals surface area contributed by atoms with Gasteiger partial charge in [0.1, 0.15) is 0 Å². The Bertz CT molecular complexity index is 561. The van der Waals surface area contributed by atoms with Crippen LogP contribution in [0.3, 0.4) is 0 Å². The van der Waals surface area contributed by atoms with Crippen molar-refractivity contribution in [2.24, 2.45) is 5.73 Å². The third-order valence-corrected chi connectivity index (χ3v) is 4.17. The number of nitrogens with two attached hydrogens (primary N) is 1. The van der Waals surface area contributed by atoms with Crippen LogP contribution >= 0.6 is 0 Å². The molecule has 1 fully saturated rings. The molecule has 0 radical (unpaired) electrons. The number of rotatable bonds is 4. The maximum Gasteiger partial charge on any atom is 0.0307 e. The summed E-state index contributed by atoms with van der Waals surface area (Å²) in [6.07, 6.45) is 1.03. The van der Waals surface area contributed by atoms with E-state index in [1.54, 1.807) is 0 Å². The number of fused-ring (bicyclic) bond motifs is 1. The molecule has 0 bridgehead atoms. The summed E-state index contributed by atoms with van der Waals surface area (Å²) in [5, 5.41) is 5.94. The molecule has 1 unspecified atom stereocenters. The molecule has 0 saturated carbocycles. The smallest absolute Gasteiger partial charge is 0.0307 e. The molecule has 0 amide bonds. The third-order valence-electron chi connectivity index (χ3n) is 4.17. The Morgan fingerprint density at radius 1 is 1.05 bits per heavy atom. The molecule has 0 aromatic heterocycles. The molecule has 3 rings (SSSR count). The molecule has 1 saturated heterocycles. The summed E-state index contributed by atoms with van der Waals surface area (Å²) in [6.45, 7) is 5.58. The molecule has 1 aliphatic heterocycles. The van der Waals surface area contributed by atoms with E-state index in [0.717, 1.165) is 39.1 Å². The van der Waals surface area contributed by atoms with Crippen LogP contribution in [-0.2, 0) is 0 Å². The minimum atomic E-state index is 0.134. The first-order chi connectivity index (χ1) is 9.83. The summed E-state index contributed by atoms with van der Waals surface area (Å²) in [7, 11) is 0. The zero-order chi connectivity index (χ0) is 13.8. The quantitative estimate of drug-likeness (QED) is 0.893. The second kappa shape index (κ2) is 6.35. The number of benzene rings is 2. The molecule has 0 aliphatic carbocycles. The molecule has 1 atom stereocenters. The van der Waals surface area contributed by atoms with Gasteiger partial charge in [-0.25, -0.2) is 0 Å². The van der Waals surface area contributed by atoms with E-state index in [9.17, 15) is 0 Å². The Morgan fingerprint density at radius 3 is 2.60 bits per heavy atom. The molecule has 106 valence electrons. The molecule has 20 heavy (non-hydrogen) atoms. The zero-order valence-corrected chi connectivity index (χ0v) is 11.9. The minimum absolute atomic E-state index is 0.134. The van der Waals surface area contributed by atoms with Crippen LogP contribution in [0.4, 0.5) is 0 Å². The second-order valence-corrected chi connectivity index (χ2v) is 5.59. The first kappa shape index (κ1) is 13.6. The normalized spacial score (nSPS) is 18.2. The number of hydrogen-bond donors (Lipinski definition) is 2. The van der Waals surface area contributed by atoms with Crippen molar-refractivity contribution >= 4 is 10.8 Å². The van der Waals surface area contributed by atoms with Crippen molar-refractivity contribution in [1.29, 1.82) is 0 Å². The predicted octanol–water partition coefficient (Wildman–Crippen LogP) is 2.13. The van der Waals surface area contributed by atoms with E-state index in [0.29, 0.717) is 0 Å². The molecule has 1 heterocycles. The van der Waals surface area contributed by atoms with Crippen LogP contribution in [0.15, 0.2) is 42.5 Å². The Labute approximate surface area is 120 Å². The lowest BCUT2D eigenvalue weighted by atomic mass is 10.00. The van der Waals surface area contributed by atoms with Crippen LogP contribution in [0, 0.1) is 0 Å². The molecule has 1 aliphatic rings. The van der Waals surface area contributed by atoms with Crippen molar-refractivity contribution in [3.8, 4) is 0 Å². The van der Waals surface area contributed by atoms with Gasteiger partial charge >= 0.3 is 0 Å². The lowest BCUT2D eigenvalue weighted by Gasteiger charge is -2.28. The van der Waals surface area contributed by atoms with Crippen LogP contribution in [0.5, 0.6) is 0 Å². The summed E-state index contributed by atoms with van der Waals surface area (Å²) >= 11 is 0. The van der Waals surface area contributed by atoms with E-state index in [-0.39, 0.29) is 6.04 Å². The van der Waals surface area contributed by atoms with Crippen LogP contribution in [0.1, 0.15) is 18.0 Å². The first-order valence-electron chi connectivity index (χ1n) is 7.50. The Kier molecular flexibility index (Phi) is 4.31. The van der Waals surface area contributed by atoms with Crippen molar-refractivity contribution < 1.29 is 0 Å². The summed E-state index contributed by atoms with van der Waals surface area (Å²) in [4.78, 5) is 2.50. The van der Waals surface area contributed by atoms with Gasteiger partial charge in [-0.1, -0.05) is 36.4 Å². The lowest BCUT2D eigenvalue weighted by molar-refractivity contribution is 0.233. The SMILES string of the molecule is NC(CCN1CCNCC1)c1ccc2ccccc2c1. The lowest BCUT2D eigenvalue weighted by Crippen LogP contribution is -2.44. The Balaban J connectivity index is 1.64. The maximum atomic E-state index is 6.36. The standard InChI is InChI=1S/C17H23N3/c18-17(7-10-20-11-8-19-9-12-20)16-6-5-14-3-1-2-4-15(14)13-16/h1-6,13,17,19H,7-12,18H2. The molecule has 0 spiro atoms. The molecule has 3 nitrogen and oxygen atoms in total. The average Bonchev–Trinajstić information content (AvgIpc) is 2.53. The topological polar surface area (TPSA) is 41.3 Å². The van der Waals surface area contributed by atoms with Gasteiger partial charge in [0.05, 0.1) is 0 Å². The van der Waals surface area contributed by atoms with Gasteiger partial charge in [-0.15, -0.1) is 0 Å². The number of nitrogens with one attached hydrogen (secondary N) is 1. The van der Waals surface area contributed by atoms with Crippen molar-refractivity contribution in [2.75, 3.05) is 32.7 Å². The molecule has 3 N–H and O–H groups in total. The Morgan fingerprint density at radius 2 is 1.80 bits per heavy atom. The van der Waals surface area contributed by atoms with E-state index in [2.05, 4.69) is 52.7 Å². The van der Waals surface area contributed by atoms with E-state index >= 15 is 0 Å². The second-order valence-electron chi connectivity index (χ2n) is 5.59. The van der Waals surface area contributed by atoms with Gasteiger partial charge in [-0.3, -0.25) is 0 Å². The number of hydrogen-bond acceptors (Lipinski definition) is 3. The van der Waals surface area contributed by atoms with Crippen LogP contribution < -0.4 is 11.1 Å². The van der Waals surface area contributed by atoms with E-state index in [4.69, 9.17) is 5.73 Å². The molecule has 3 heteroatoms. The van der Waals surface area contributed by atoms with Gasteiger partial charge in [0.15, 0.2) is 0 Å². The fraction of sp³-hybridized carbons (Fsp3) is 0.412. The van der Waals surface area contributed by atoms with Crippen LogP contribution in [0.25, 0.3) is 10.8 Å². The van der Waals surface area contributed by atoms with E-state index < -0.39 is 0 Å². The van der Waals surface area contributed by atoms with Gasteiger partial charge in [-0.2, -0.15) is 0 Å². The fourth-order valence-electron chi connectivity index (χ4n) is 2.86. The highest BCUT2D eigenvalue weighted by molar-refractivity contribution is 5.83. The molecule has 2 aromatic rings. The molecule has 2 aromatic carbocycles. The molecular formula is C17H23N3. The van der Waals surface area contributed by atoms with Crippen LogP contribution in [-0.4, -0.2) is 37.6 Å². The van der Waals surface area contributed by atoms with Gasteiger partial charge in [0.25, 0.3) is 0 Å². The van der Waals surface area contributed by atoms with Crippen molar-refractivity contribution in [2.45, 2.75) is 12.5 Å². The van der Waals surface area contributed by atoms with Crippen molar-refractivity contribution in [1.82, 2.24) is 10.2 Å². The third kappa shape index (κ3) is 3.18. The van der Waals surface area contributed by atoms with Crippen molar-refractivity contribution in [3.05, 3.63) is 48.0 Å². The highest BCUT2D eigenvalue weighted by Crippen LogP contribution is 2.21. The van der Waals surface area contributed by atoms with E-state index in [1.165, 1.54) is 16.3 Å². The van der Waals surface area contributed by atoms with Gasteiger partial charge < -0.3 is 16.0 Å². The average molecular weight is 269 g/mol. The summed E-state index contributed by atoms with van der Waals surface area (Å²) in [5.74, 6) is 0. The predicted molar refractivity (Wildman–Crippen MR) is 84.8 cm³/mol. The highest BCUT2D eigenvalue weighted by Gasteiger charge is 2.12. The maximum absolute atomic E-state index is 6.36.